The Morgan fingerprint density at radius 2 is 1.94 bits per heavy atom. The summed E-state index contributed by atoms with van der Waals surface area (Å²) in [5, 5.41) is 4.38. The molecule has 0 spiro atoms. The molecule has 1 aromatic heterocycles. The van der Waals surface area contributed by atoms with Crippen molar-refractivity contribution >= 4 is 16.8 Å². The molecule has 5 nitrogen and oxygen atoms in total. The van der Waals surface area contributed by atoms with Crippen molar-refractivity contribution in [1.82, 2.24) is 15.2 Å². The maximum Gasteiger partial charge on any atom is 0.220 e. The Morgan fingerprint density at radius 3 is 2.69 bits per heavy atom. The Balaban J connectivity index is 1.47. The number of nitrogens with zero attached hydrogens (tertiary/aromatic N) is 1. The van der Waals surface area contributed by atoms with Crippen LogP contribution in [0.3, 0.4) is 0 Å². The molecule has 2 heterocycles. The molecule has 4 rings (SSSR count). The minimum atomic E-state index is 0.0238. The number of nitrogens with one attached hydrogen (secondary N) is 2. The van der Waals surface area contributed by atoms with Crippen LogP contribution < -0.4 is 5.32 Å². The molecule has 1 unspecified atom stereocenters. The Bertz CT molecular complexity index is 1020. The number of amides is 1. The summed E-state index contributed by atoms with van der Waals surface area (Å²) in [6.45, 7) is 9.60. The van der Waals surface area contributed by atoms with E-state index in [2.05, 4.69) is 77.7 Å². The molecule has 5 heteroatoms. The molecular weight excluding hydrogens is 398 g/mol. The Kier molecular flexibility index (Phi) is 7.61. The van der Waals surface area contributed by atoms with Gasteiger partial charge in [-0.3, -0.25) is 9.69 Å². The molecule has 0 bridgehead atoms. The highest BCUT2D eigenvalue weighted by atomic mass is 16.5. The van der Waals surface area contributed by atoms with Gasteiger partial charge in [0, 0.05) is 49.1 Å². The van der Waals surface area contributed by atoms with E-state index in [1.165, 1.54) is 33.2 Å². The van der Waals surface area contributed by atoms with Crippen molar-refractivity contribution in [3.8, 4) is 0 Å². The predicted molar refractivity (Wildman–Crippen MR) is 130 cm³/mol. The summed E-state index contributed by atoms with van der Waals surface area (Å²) in [6.07, 6.45) is 4.49. The molecule has 3 aromatic rings. The first-order valence-electron chi connectivity index (χ1n) is 11.9. The molecule has 32 heavy (non-hydrogen) atoms. The number of rotatable bonds is 9. The summed E-state index contributed by atoms with van der Waals surface area (Å²) in [7, 11) is 0. The second-order valence-corrected chi connectivity index (χ2v) is 8.76. The van der Waals surface area contributed by atoms with Gasteiger partial charge < -0.3 is 15.0 Å². The number of carbonyl (C=O) groups excluding carboxylic acids is 1. The van der Waals surface area contributed by atoms with E-state index in [9.17, 15) is 4.79 Å². The van der Waals surface area contributed by atoms with E-state index < -0.39 is 0 Å². The van der Waals surface area contributed by atoms with E-state index in [0.717, 1.165) is 45.7 Å². The van der Waals surface area contributed by atoms with Gasteiger partial charge in [-0.1, -0.05) is 55.0 Å². The lowest BCUT2D eigenvalue weighted by Crippen LogP contribution is -2.38. The first-order chi connectivity index (χ1) is 15.7. The summed E-state index contributed by atoms with van der Waals surface area (Å²) in [5.41, 5.74) is 6.11. The zero-order valence-electron chi connectivity index (χ0n) is 19.3. The monoisotopic (exact) mass is 433 g/mol. The van der Waals surface area contributed by atoms with E-state index in [-0.39, 0.29) is 11.8 Å². The number of fused-ring (bicyclic) bond motifs is 1. The molecule has 1 saturated heterocycles. The van der Waals surface area contributed by atoms with Crippen molar-refractivity contribution in [2.45, 2.75) is 39.0 Å². The van der Waals surface area contributed by atoms with Crippen LogP contribution in [0.5, 0.6) is 0 Å². The van der Waals surface area contributed by atoms with E-state index in [4.69, 9.17) is 4.74 Å². The maximum absolute atomic E-state index is 12.9. The normalized spacial score (nSPS) is 15.7. The molecule has 2 N–H and O–H groups in total. The van der Waals surface area contributed by atoms with Gasteiger partial charge in [0.25, 0.3) is 0 Å². The minimum Gasteiger partial charge on any atom is -0.379 e. The predicted octanol–water partition coefficient (Wildman–Crippen LogP) is 4.40. The summed E-state index contributed by atoms with van der Waals surface area (Å²) >= 11 is 0. The van der Waals surface area contributed by atoms with Gasteiger partial charge in [0.05, 0.1) is 13.2 Å². The van der Waals surface area contributed by atoms with Gasteiger partial charge in [0.1, 0.15) is 0 Å². The zero-order valence-corrected chi connectivity index (χ0v) is 19.3. The molecule has 1 fully saturated rings. The lowest BCUT2D eigenvalue weighted by atomic mass is 9.87. The van der Waals surface area contributed by atoms with Gasteiger partial charge in [-0.15, -0.1) is 0 Å². The van der Waals surface area contributed by atoms with Crippen LogP contribution in [-0.4, -0.2) is 55.2 Å². The Hall–Kier alpha value is -2.63. The number of morpholine rings is 1. The standard InChI is InChI=1S/C27H35N3O2/c1-3-21-6-4-7-23-25(19-29-27(21)23)24(22-10-8-20(2)9-11-22)18-26(31)28-12-5-13-30-14-16-32-17-15-30/h4,6-11,19,24,29H,3,5,12-18H2,1-2H3,(H,28,31). The Labute approximate surface area is 191 Å². The van der Waals surface area contributed by atoms with Crippen molar-refractivity contribution < 1.29 is 9.53 Å². The topological polar surface area (TPSA) is 57.4 Å². The second-order valence-electron chi connectivity index (χ2n) is 8.76. The van der Waals surface area contributed by atoms with Gasteiger partial charge >= 0.3 is 0 Å². The third-order valence-corrected chi connectivity index (χ3v) is 6.54. The van der Waals surface area contributed by atoms with Crippen molar-refractivity contribution in [1.29, 1.82) is 0 Å². The van der Waals surface area contributed by atoms with Gasteiger partial charge in [0.15, 0.2) is 0 Å². The number of aromatic amines is 1. The maximum atomic E-state index is 12.9. The second kappa shape index (κ2) is 10.8. The third kappa shape index (κ3) is 5.40. The average Bonchev–Trinajstić information content (AvgIpc) is 3.26. The van der Waals surface area contributed by atoms with Crippen LogP contribution >= 0.6 is 0 Å². The smallest absolute Gasteiger partial charge is 0.220 e. The highest BCUT2D eigenvalue weighted by molar-refractivity contribution is 5.88. The zero-order chi connectivity index (χ0) is 22.3. The highest BCUT2D eigenvalue weighted by Gasteiger charge is 2.22. The van der Waals surface area contributed by atoms with Crippen LogP contribution in [-0.2, 0) is 16.0 Å². The van der Waals surface area contributed by atoms with Crippen molar-refractivity contribution in [2.24, 2.45) is 0 Å². The molecule has 2 aromatic carbocycles. The Morgan fingerprint density at radius 1 is 1.16 bits per heavy atom. The molecule has 0 saturated carbocycles. The van der Waals surface area contributed by atoms with E-state index in [1.54, 1.807) is 0 Å². The van der Waals surface area contributed by atoms with Crippen LogP contribution in [0.1, 0.15) is 47.9 Å². The number of carbonyl (C=O) groups is 1. The van der Waals surface area contributed by atoms with Crippen LogP contribution in [0, 0.1) is 6.92 Å². The molecular formula is C27H35N3O2. The fraction of sp³-hybridized carbons (Fsp3) is 0.444. The van der Waals surface area contributed by atoms with Crippen LogP contribution in [0.15, 0.2) is 48.7 Å². The quantitative estimate of drug-likeness (QED) is 0.492. The van der Waals surface area contributed by atoms with E-state index in [1.807, 2.05) is 0 Å². The van der Waals surface area contributed by atoms with Crippen LogP contribution in [0.25, 0.3) is 10.9 Å². The first-order valence-corrected chi connectivity index (χ1v) is 11.9. The van der Waals surface area contributed by atoms with Crippen molar-refractivity contribution in [3.05, 3.63) is 70.9 Å². The molecule has 0 radical (unpaired) electrons. The minimum absolute atomic E-state index is 0.0238. The van der Waals surface area contributed by atoms with Crippen LogP contribution in [0.4, 0.5) is 0 Å². The number of benzene rings is 2. The molecule has 1 aliphatic rings. The molecule has 1 aliphatic heterocycles. The number of ether oxygens (including phenoxy) is 1. The summed E-state index contributed by atoms with van der Waals surface area (Å²) < 4.78 is 5.40. The number of hydrogen-bond acceptors (Lipinski definition) is 3. The summed E-state index contributed by atoms with van der Waals surface area (Å²) in [6, 6.07) is 15.1. The number of H-pyrrole nitrogens is 1. The van der Waals surface area contributed by atoms with Gasteiger partial charge in [-0.2, -0.15) is 0 Å². The van der Waals surface area contributed by atoms with E-state index >= 15 is 0 Å². The van der Waals surface area contributed by atoms with Crippen molar-refractivity contribution in [3.63, 3.8) is 0 Å². The fourth-order valence-corrected chi connectivity index (χ4v) is 4.64. The van der Waals surface area contributed by atoms with Gasteiger partial charge in [-0.25, -0.2) is 0 Å². The average molecular weight is 434 g/mol. The number of hydrogen-bond donors (Lipinski definition) is 2. The molecule has 1 amide bonds. The lowest BCUT2D eigenvalue weighted by molar-refractivity contribution is -0.121. The van der Waals surface area contributed by atoms with Crippen molar-refractivity contribution in [2.75, 3.05) is 39.4 Å². The largest absolute Gasteiger partial charge is 0.379 e. The van der Waals surface area contributed by atoms with E-state index in [0.29, 0.717) is 13.0 Å². The van der Waals surface area contributed by atoms with Gasteiger partial charge in [0.2, 0.25) is 5.91 Å². The number of aromatic nitrogens is 1. The lowest BCUT2D eigenvalue weighted by Gasteiger charge is -2.26. The number of para-hydroxylation sites is 1. The molecule has 0 aliphatic carbocycles. The molecule has 1 atom stereocenters. The summed E-state index contributed by atoms with van der Waals surface area (Å²) in [4.78, 5) is 18.8. The van der Waals surface area contributed by atoms with Gasteiger partial charge in [-0.05, 0) is 43.0 Å². The first kappa shape index (κ1) is 22.6. The van der Waals surface area contributed by atoms with Crippen LogP contribution in [0.2, 0.25) is 0 Å². The summed E-state index contributed by atoms with van der Waals surface area (Å²) in [5.74, 6) is 0.134. The molecule has 170 valence electrons. The SMILES string of the molecule is CCc1cccc2c(C(CC(=O)NCCCN3CCOCC3)c3ccc(C)cc3)c[nH]c12. The number of aryl methyl sites for hydroxylation is 2. The third-order valence-electron chi connectivity index (χ3n) is 6.54. The highest BCUT2D eigenvalue weighted by Crippen LogP contribution is 2.34. The fourth-order valence-electron chi connectivity index (χ4n) is 4.64.